The van der Waals surface area contributed by atoms with Crippen molar-refractivity contribution in [3.05, 3.63) is 54.4 Å². The molecule has 0 aliphatic heterocycles. The number of benzene rings is 1. The van der Waals surface area contributed by atoms with Gasteiger partial charge in [-0.15, -0.1) is 24.0 Å². The number of hydrogen-bond donors (Lipinski definition) is 2. The van der Waals surface area contributed by atoms with Crippen molar-refractivity contribution in [3.63, 3.8) is 0 Å². The second kappa shape index (κ2) is 11.0. The predicted molar refractivity (Wildman–Crippen MR) is 102 cm³/mol. The highest BCUT2D eigenvalue weighted by atomic mass is 127. The molecule has 1 aromatic carbocycles. The summed E-state index contributed by atoms with van der Waals surface area (Å²) in [6, 6.07) is 6.55. The van der Waals surface area contributed by atoms with Gasteiger partial charge in [0.1, 0.15) is 5.82 Å². The van der Waals surface area contributed by atoms with Crippen molar-refractivity contribution in [3.8, 4) is 0 Å². The molecule has 0 aliphatic rings. The molecule has 0 aliphatic carbocycles. The van der Waals surface area contributed by atoms with Crippen LogP contribution in [-0.4, -0.2) is 35.1 Å². The molecule has 0 radical (unpaired) electrons. The molecule has 7 heteroatoms. The van der Waals surface area contributed by atoms with E-state index in [4.69, 9.17) is 0 Å². The van der Waals surface area contributed by atoms with Gasteiger partial charge in [0, 0.05) is 38.6 Å². The molecule has 5 nitrogen and oxygen atoms in total. The number of nitrogens with one attached hydrogen (secondary N) is 2. The Hall–Kier alpha value is -1.64. The van der Waals surface area contributed by atoms with Gasteiger partial charge in [-0.1, -0.05) is 12.1 Å². The van der Waals surface area contributed by atoms with Crippen LogP contribution in [0, 0.1) is 5.82 Å². The van der Waals surface area contributed by atoms with E-state index in [1.807, 2.05) is 17.7 Å². The maximum atomic E-state index is 12.8. The number of hydrogen-bond acceptors (Lipinski definition) is 2. The van der Waals surface area contributed by atoms with Crippen molar-refractivity contribution < 1.29 is 4.39 Å². The topological polar surface area (TPSA) is 54.2 Å². The van der Waals surface area contributed by atoms with Gasteiger partial charge in [-0.2, -0.15) is 0 Å². The zero-order valence-electron chi connectivity index (χ0n) is 13.2. The lowest BCUT2D eigenvalue weighted by atomic mass is 10.1. The van der Waals surface area contributed by atoms with Gasteiger partial charge in [-0.3, -0.25) is 4.99 Å². The SMILES string of the molecule is CCNC(=NCCc1ccc(F)cc1)NCCn1ccnc1.I. The largest absolute Gasteiger partial charge is 0.357 e. The third-order valence-corrected chi connectivity index (χ3v) is 3.15. The summed E-state index contributed by atoms with van der Waals surface area (Å²) in [6.45, 7) is 5.12. The average Bonchev–Trinajstić information content (AvgIpc) is 3.02. The maximum absolute atomic E-state index is 12.8. The Labute approximate surface area is 153 Å². The smallest absolute Gasteiger partial charge is 0.191 e. The maximum Gasteiger partial charge on any atom is 0.191 e. The molecule has 0 unspecified atom stereocenters. The van der Waals surface area contributed by atoms with Gasteiger partial charge in [0.05, 0.1) is 6.33 Å². The van der Waals surface area contributed by atoms with Crippen molar-refractivity contribution >= 4 is 29.9 Å². The van der Waals surface area contributed by atoms with E-state index in [1.165, 1.54) is 12.1 Å². The fourth-order valence-electron chi connectivity index (χ4n) is 2.01. The Balaban J connectivity index is 0.00000264. The minimum absolute atomic E-state index is 0. The number of imidazole rings is 1. The molecule has 0 saturated heterocycles. The monoisotopic (exact) mass is 431 g/mol. The number of aromatic nitrogens is 2. The third kappa shape index (κ3) is 7.45. The molecule has 126 valence electrons. The molecular weight excluding hydrogens is 408 g/mol. The molecular formula is C16H23FIN5. The molecule has 23 heavy (non-hydrogen) atoms. The fourth-order valence-corrected chi connectivity index (χ4v) is 2.01. The van der Waals surface area contributed by atoms with E-state index in [0.717, 1.165) is 37.6 Å². The minimum Gasteiger partial charge on any atom is -0.357 e. The summed E-state index contributed by atoms with van der Waals surface area (Å²) in [5, 5.41) is 6.50. The molecule has 0 atom stereocenters. The van der Waals surface area contributed by atoms with E-state index < -0.39 is 0 Å². The Morgan fingerprint density at radius 3 is 2.70 bits per heavy atom. The summed E-state index contributed by atoms with van der Waals surface area (Å²) in [5.41, 5.74) is 1.08. The van der Waals surface area contributed by atoms with Crippen LogP contribution in [0.5, 0.6) is 0 Å². The first kappa shape index (κ1) is 19.4. The van der Waals surface area contributed by atoms with Crippen LogP contribution in [0.2, 0.25) is 0 Å². The van der Waals surface area contributed by atoms with E-state index in [9.17, 15) is 4.39 Å². The van der Waals surface area contributed by atoms with E-state index in [1.54, 1.807) is 24.7 Å². The van der Waals surface area contributed by atoms with Crippen LogP contribution >= 0.6 is 24.0 Å². The van der Waals surface area contributed by atoms with E-state index in [2.05, 4.69) is 20.6 Å². The van der Waals surface area contributed by atoms with Gasteiger partial charge >= 0.3 is 0 Å². The number of aliphatic imine (C=N–C) groups is 1. The second-order valence-electron chi connectivity index (χ2n) is 4.86. The summed E-state index contributed by atoms with van der Waals surface area (Å²) < 4.78 is 14.8. The van der Waals surface area contributed by atoms with Crippen molar-refractivity contribution in [1.29, 1.82) is 0 Å². The van der Waals surface area contributed by atoms with Crippen LogP contribution in [-0.2, 0) is 13.0 Å². The highest BCUT2D eigenvalue weighted by Crippen LogP contribution is 2.03. The van der Waals surface area contributed by atoms with Gasteiger partial charge in [-0.05, 0) is 31.0 Å². The van der Waals surface area contributed by atoms with Crippen molar-refractivity contribution in [2.45, 2.75) is 19.9 Å². The zero-order chi connectivity index (χ0) is 15.6. The molecule has 0 spiro atoms. The molecule has 2 N–H and O–H groups in total. The quantitative estimate of drug-likeness (QED) is 0.403. The predicted octanol–water partition coefficient (Wildman–Crippen LogP) is 2.44. The first-order valence-electron chi connectivity index (χ1n) is 7.50. The lowest BCUT2D eigenvalue weighted by Gasteiger charge is -2.11. The van der Waals surface area contributed by atoms with Crippen LogP contribution in [0.3, 0.4) is 0 Å². The van der Waals surface area contributed by atoms with Crippen LogP contribution in [0.1, 0.15) is 12.5 Å². The molecule has 0 saturated carbocycles. The molecule has 0 amide bonds. The number of guanidine groups is 1. The van der Waals surface area contributed by atoms with Gasteiger partial charge in [0.15, 0.2) is 5.96 Å². The second-order valence-corrected chi connectivity index (χ2v) is 4.86. The molecule has 0 fully saturated rings. The van der Waals surface area contributed by atoms with Gasteiger partial charge in [-0.25, -0.2) is 9.37 Å². The van der Waals surface area contributed by atoms with Gasteiger partial charge in [0.25, 0.3) is 0 Å². The van der Waals surface area contributed by atoms with E-state index >= 15 is 0 Å². The van der Waals surface area contributed by atoms with E-state index in [-0.39, 0.29) is 29.8 Å². The van der Waals surface area contributed by atoms with Crippen LogP contribution in [0.4, 0.5) is 4.39 Å². The fraction of sp³-hybridized carbons (Fsp3) is 0.375. The van der Waals surface area contributed by atoms with Crippen LogP contribution in [0.25, 0.3) is 0 Å². The average molecular weight is 431 g/mol. The molecule has 0 bridgehead atoms. The van der Waals surface area contributed by atoms with Gasteiger partial charge < -0.3 is 15.2 Å². The summed E-state index contributed by atoms with van der Waals surface area (Å²) in [6.07, 6.45) is 6.28. The molecule has 1 heterocycles. The number of rotatable bonds is 7. The summed E-state index contributed by atoms with van der Waals surface area (Å²) in [5.74, 6) is 0.589. The third-order valence-electron chi connectivity index (χ3n) is 3.15. The minimum atomic E-state index is -0.207. The van der Waals surface area contributed by atoms with Crippen molar-refractivity contribution in [2.24, 2.45) is 4.99 Å². The number of halogens is 2. The Morgan fingerprint density at radius 1 is 1.26 bits per heavy atom. The highest BCUT2D eigenvalue weighted by Gasteiger charge is 1.98. The van der Waals surface area contributed by atoms with Crippen LogP contribution < -0.4 is 10.6 Å². The summed E-state index contributed by atoms with van der Waals surface area (Å²) in [7, 11) is 0. The number of nitrogens with zero attached hydrogens (tertiary/aromatic N) is 3. The van der Waals surface area contributed by atoms with Gasteiger partial charge in [0.2, 0.25) is 0 Å². The molecule has 1 aromatic heterocycles. The first-order chi connectivity index (χ1) is 10.8. The highest BCUT2D eigenvalue weighted by molar-refractivity contribution is 14.0. The summed E-state index contributed by atoms with van der Waals surface area (Å²) >= 11 is 0. The lowest BCUT2D eigenvalue weighted by Crippen LogP contribution is -2.39. The standard InChI is InChI=1S/C16H22FN5.HI/c1-2-19-16(21-10-12-22-11-9-18-13-22)20-8-7-14-3-5-15(17)6-4-14;/h3-6,9,11,13H,2,7-8,10,12H2,1H3,(H2,19,20,21);1H. The van der Waals surface area contributed by atoms with E-state index in [0.29, 0.717) is 6.54 Å². The Kier molecular flexibility index (Phi) is 9.27. The molecule has 2 rings (SSSR count). The Morgan fingerprint density at radius 2 is 2.04 bits per heavy atom. The first-order valence-corrected chi connectivity index (χ1v) is 7.50. The normalized spacial score (nSPS) is 11.0. The van der Waals surface area contributed by atoms with Crippen molar-refractivity contribution in [1.82, 2.24) is 20.2 Å². The summed E-state index contributed by atoms with van der Waals surface area (Å²) in [4.78, 5) is 8.53. The van der Waals surface area contributed by atoms with Crippen molar-refractivity contribution in [2.75, 3.05) is 19.6 Å². The molecule has 2 aromatic rings. The van der Waals surface area contributed by atoms with Crippen LogP contribution in [0.15, 0.2) is 48.0 Å². The zero-order valence-corrected chi connectivity index (χ0v) is 15.5. The Bertz CT molecular complexity index is 569. The lowest BCUT2D eigenvalue weighted by molar-refractivity contribution is 0.627.